The zero-order valence-corrected chi connectivity index (χ0v) is 12.1. The second-order valence-electron chi connectivity index (χ2n) is 5.66. The number of benzene rings is 1. The number of fused-ring (bicyclic) bond motifs is 1. The lowest BCUT2D eigenvalue weighted by Crippen LogP contribution is -2.41. The number of carbonyl (C=O) groups is 2. The van der Waals surface area contributed by atoms with E-state index in [4.69, 9.17) is 0 Å². The molecule has 1 aromatic carbocycles. The molecule has 2 heterocycles. The van der Waals surface area contributed by atoms with Crippen LogP contribution in [0.15, 0.2) is 24.3 Å². The minimum Gasteiger partial charge on any atom is -0.385 e. The van der Waals surface area contributed by atoms with Crippen LogP contribution in [0.5, 0.6) is 0 Å². The van der Waals surface area contributed by atoms with E-state index >= 15 is 0 Å². The van der Waals surface area contributed by atoms with Gasteiger partial charge in [-0.1, -0.05) is 18.2 Å². The third-order valence-corrected chi connectivity index (χ3v) is 4.27. The van der Waals surface area contributed by atoms with E-state index in [0.29, 0.717) is 0 Å². The van der Waals surface area contributed by atoms with Crippen LogP contribution in [0, 0.1) is 0 Å². The first kappa shape index (κ1) is 13.9. The van der Waals surface area contributed by atoms with Crippen LogP contribution in [0.3, 0.4) is 0 Å². The maximum atomic E-state index is 12.4. The molecule has 112 valence electrons. The Bertz CT molecular complexity index is 538. The van der Waals surface area contributed by atoms with Crippen molar-refractivity contribution in [1.29, 1.82) is 0 Å². The van der Waals surface area contributed by atoms with Gasteiger partial charge in [0.15, 0.2) is 0 Å². The van der Waals surface area contributed by atoms with Crippen molar-refractivity contribution < 1.29 is 9.59 Å². The number of rotatable bonds is 3. The predicted molar refractivity (Wildman–Crippen MR) is 81.1 cm³/mol. The molecule has 0 aromatic heterocycles. The molecule has 2 N–H and O–H groups in total. The lowest BCUT2D eigenvalue weighted by atomic mass is 9.90. The second-order valence-corrected chi connectivity index (χ2v) is 5.66. The monoisotopic (exact) mass is 287 g/mol. The minimum absolute atomic E-state index is 0.0306. The minimum atomic E-state index is -0.158. The fourth-order valence-corrected chi connectivity index (χ4v) is 3.11. The van der Waals surface area contributed by atoms with Gasteiger partial charge in [0, 0.05) is 25.3 Å². The molecule has 1 unspecified atom stereocenters. The summed E-state index contributed by atoms with van der Waals surface area (Å²) in [5.41, 5.74) is 2.05. The first-order valence-corrected chi connectivity index (χ1v) is 7.64. The number of carbonyl (C=O) groups excluding carboxylic acids is 2. The molecule has 1 saturated heterocycles. The van der Waals surface area contributed by atoms with E-state index in [2.05, 4.69) is 10.6 Å². The summed E-state index contributed by atoms with van der Waals surface area (Å²) < 4.78 is 0. The summed E-state index contributed by atoms with van der Waals surface area (Å²) in [5, 5.41) is 6.11. The summed E-state index contributed by atoms with van der Waals surface area (Å²) in [4.78, 5) is 26.2. The van der Waals surface area contributed by atoms with E-state index in [1.165, 1.54) is 0 Å². The molecular weight excluding hydrogens is 266 g/mol. The highest BCUT2D eigenvalue weighted by atomic mass is 16.2. The highest BCUT2D eigenvalue weighted by molar-refractivity contribution is 5.90. The maximum Gasteiger partial charge on any atom is 0.241 e. The van der Waals surface area contributed by atoms with Crippen LogP contribution in [-0.2, 0) is 9.59 Å². The van der Waals surface area contributed by atoms with Crippen LogP contribution in [0.1, 0.15) is 30.7 Å². The van der Waals surface area contributed by atoms with Gasteiger partial charge in [-0.15, -0.1) is 0 Å². The van der Waals surface area contributed by atoms with Crippen molar-refractivity contribution in [2.24, 2.45) is 0 Å². The summed E-state index contributed by atoms with van der Waals surface area (Å²) >= 11 is 0. The summed E-state index contributed by atoms with van der Waals surface area (Å²) in [5.74, 6) is -0.173. The molecule has 0 spiro atoms. The zero-order chi connectivity index (χ0) is 14.7. The van der Waals surface area contributed by atoms with Crippen LogP contribution >= 0.6 is 0 Å². The van der Waals surface area contributed by atoms with Crippen molar-refractivity contribution in [3.63, 3.8) is 0 Å². The highest BCUT2D eigenvalue weighted by Crippen LogP contribution is 2.31. The molecule has 1 atom stereocenters. The van der Waals surface area contributed by atoms with E-state index in [9.17, 15) is 9.59 Å². The van der Waals surface area contributed by atoms with E-state index in [1.807, 2.05) is 29.2 Å². The number of likely N-dealkylation sites (tertiary alicyclic amines) is 1. The van der Waals surface area contributed by atoms with Crippen LogP contribution < -0.4 is 10.6 Å². The standard InChI is InChI=1S/C16H21N3O2/c20-15(19-9-3-4-10-19)11-18-16(21)13-7-8-17-14-6-2-1-5-12(13)14/h1-2,5-6,13,17H,3-4,7-11H2,(H,18,21). The fraction of sp³-hybridized carbons (Fsp3) is 0.500. The smallest absolute Gasteiger partial charge is 0.241 e. The van der Waals surface area contributed by atoms with Gasteiger partial charge in [0.2, 0.25) is 11.8 Å². The van der Waals surface area contributed by atoms with Gasteiger partial charge in [0.25, 0.3) is 0 Å². The Morgan fingerprint density at radius 1 is 1.24 bits per heavy atom. The molecule has 0 saturated carbocycles. The Morgan fingerprint density at radius 3 is 2.81 bits per heavy atom. The van der Waals surface area contributed by atoms with Crippen molar-refractivity contribution in [2.45, 2.75) is 25.2 Å². The quantitative estimate of drug-likeness (QED) is 0.881. The molecule has 5 heteroatoms. The van der Waals surface area contributed by atoms with Gasteiger partial charge >= 0.3 is 0 Å². The largest absolute Gasteiger partial charge is 0.385 e. The van der Waals surface area contributed by atoms with Gasteiger partial charge in [0.05, 0.1) is 12.5 Å². The van der Waals surface area contributed by atoms with Crippen LogP contribution in [0.2, 0.25) is 0 Å². The number of nitrogens with one attached hydrogen (secondary N) is 2. The molecule has 2 aliphatic heterocycles. The van der Waals surface area contributed by atoms with Gasteiger partial charge in [0.1, 0.15) is 0 Å². The Hall–Kier alpha value is -2.04. The van der Waals surface area contributed by atoms with Crippen molar-refractivity contribution in [2.75, 3.05) is 31.5 Å². The Kier molecular flexibility index (Phi) is 4.08. The maximum absolute atomic E-state index is 12.4. The molecule has 0 radical (unpaired) electrons. The molecule has 2 amide bonds. The molecule has 21 heavy (non-hydrogen) atoms. The average molecular weight is 287 g/mol. The molecule has 2 aliphatic rings. The van der Waals surface area contributed by atoms with E-state index < -0.39 is 0 Å². The summed E-state index contributed by atoms with van der Waals surface area (Å²) in [6.07, 6.45) is 2.91. The Balaban J connectivity index is 1.60. The summed E-state index contributed by atoms with van der Waals surface area (Å²) in [6, 6.07) is 7.88. The number of anilines is 1. The highest BCUT2D eigenvalue weighted by Gasteiger charge is 2.27. The topological polar surface area (TPSA) is 61.4 Å². The third-order valence-electron chi connectivity index (χ3n) is 4.27. The number of hydrogen-bond donors (Lipinski definition) is 2. The molecule has 0 aliphatic carbocycles. The van der Waals surface area contributed by atoms with Gasteiger partial charge in [-0.05, 0) is 30.9 Å². The van der Waals surface area contributed by atoms with E-state index in [-0.39, 0.29) is 24.3 Å². The second kappa shape index (κ2) is 6.16. The van der Waals surface area contributed by atoms with Crippen LogP contribution in [0.25, 0.3) is 0 Å². The average Bonchev–Trinajstić information content (AvgIpc) is 3.06. The number of nitrogens with zero attached hydrogens (tertiary/aromatic N) is 1. The molecule has 1 fully saturated rings. The first-order chi connectivity index (χ1) is 10.3. The predicted octanol–water partition coefficient (Wildman–Crippen LogP) is 1.32. The third kappa shape index (κ3) is 3.01. The molecular formula is C16H21N3O2. The van der Waals surface area contributed by atoms with E-state index in [0.717, 1.165) is 50.1 Å². The van der Waals surface area contributed by atoms with Crippen LogP contribution in [0.4, 0.5) is 5.69 Å². The summed E-state index contributed by atoms with van der Waals surface area (Å²) in [6.45, 7) is 2.55. The molecule has 0 bridgehead atoms. The lowest BCUT2D eigenvalue weighted by molar-refractivity contribution is -0.132. The normalized spacial score (nSPS) is 20.6. The number of hydrogen-bond acceptors (Lipinski definition) is 3. The first-order valence-electron chi connectivity index (χ1n) is 7.64. The van der Waals surface area contributed by atoms with Crippen LogP contribution in [-0.4, -0.2) is 42.9 Å². The van der Waals surface area contributed by atoms with Crippen molar-refractivity contribution in [3.05, 3.63) is 29.8 Å². The van der Waals surface area contributed by atoms with Crippen molar-refractivity contribution in [3.8, 4) is 0 Å². The molecule has 3 rings (SSSR count). The zero-order valence-electron chi connectivity index (χ0n) is 12.1. The number of amides is 2. The van der Waals surface area contributed by atoms with Crippen molar-refractivity contribution in [1.82, 2.24) is 10.2 Å². The Morgan fingerprint density at radius 2 is 2.00 bits per heavy atom. The van der Waals surface area contributed by atoms with Crippen molar-refractivity contribution >= 4 is 17.5 Å². The summed E-state index contributed by atoms with van der Waals surface area (Å²) in [7, 11) is 0. The van der Waals surface area contributed by atoms with Gasteiger partial charge in [-0.25, -0.2) is 0 Å². The van der Waals surface area contributed by atoms with Gasteiger partial charge in [-0.3, -0.25) is 9.59 Å². The Labute approximate surface area is 124 Å². The molecule has 1 aromatic rings. The molecule has 5 nitrogen and oxygen atoms in total. The lowest BCUT2D eigenvalue weighted by Gasteiger charge is -2.26. The van der Waals surface area contributed by atoms with E-state index in [1.54, 1.807) is 0 Å². The number of para-hydroxylation sites is 1. The van der Waals surface area contributed by atoms with Gasteiger partial charge < -0.3 is 15.5 Å². The van der Waals surface area contributed by atoms with Gasteiger partial charge in [-0.2, -0.15) is 0 Å². The fourth-order valence-electron chi connectivity index (χ4n) is 3.11. The SMILES string of the molecule is O=C(NCC(=O)N1CCCC1)C1CCNc2ccccc21.